The smallest absolute Gasteiger partial charge is 0.407 e. The van der Waals surface area contributed by atoms with Gasteiger partial charge >= 0.3 is 6.09 Å². The monoisotopic (exact) mass is 494 g/mol. The van der Waals surface area contributed by atoms with Crippen LogP contribution in [0.1, 0.15) is 57.1 Å². The van der Waals surface area contributed by atoms with Crippen molar-refractivity contribution in [2.24, 2.45) is 13.0 Å². The second kappa shape index (κ2) is 9.31. The molecule has 3 aliphatic rings. The molecule has 3 heterocycles. The van der Waals surface area contributed by atoms with Gasteiger partial charge in [0.25, 0.3) is 0 Å². The molecule has 192 valence electrons. The van der Waals surface area contributed by atoms with Gasteiger partial charge in [0.1, 0.15) is 6.10 Å². The van der Waals surface area contributed by atoms with Crippen LogP contribution in [-0.2, 0) is 16.5 Å². The van der Waals surface area contributed by atoms with Gasteiger partial charge in [-0.25, -0.2) is 4.79 Å². The SMILES string of the molecule is Cn1nc(OCC2CCOC2)c2cccc(Nc3cc([C@H]4CC[C@@H](OC(=O)NC5(C)CC5)C4)[nH]n3)c21. The topological polar surface area (TPSA) is 115 Å². The summed E-state index contributed by atoms with van der Waals surface area (Å²) in [7, 11) is 1.92. The van der Waals surface area contributed by atoms with Crippen molar-refractivity contribution < 1.29 is 19.0 Å². The van der Waals surface area contributed by atoms with Crippen LogP contribution in [0.15, 0.2) is 24.3 Å². The van der Waals surface area contributed by atoms with Gasteiger partial charge in [0, 0.05) is 42.8 Å². The number of hydrogen-bond acceptors (Lipinski definition) is 7. The largest absolute Gasteiger partial charge is 0.476 e. The molecule has 3 N–H and O–H groups in total. The Labute approximate surface area is 210 Å². The molecule has 2 aromatic heterocycles. The third kappa shape index (κ3) is 4.86. The van der Waals surface area contributed by atoms with Crippen LogP contribution in [0.25, 0.3) is 10.9 Å². The van der Waals surface area contributed by atoms with Crippen molar-refractivity contribution in [1.82, 2.24) is 25.3 Å². The van der Waals surface area contributed by atoms with Gasteiger partial charge in [0.2, 0.25) is 5.88 Å². The van der Waals surface area contributed by atoms with Gasteiger partial charge in [-0.1, -0.05) is 6.07 Å². The Bertz CT molecular complexity index is 1240. The lowest BCUT2D eigenvalue weighted by molar-refractivity contribution is 0.0967. The number of nitrogens with one attached hydrogen (secondary N) is 3. The lowest BCUT2D eigenvalue weighted by Gasteiger charge is -2.16. The van der Waals surface area contributed by atoms with Crippen LogP contribution in [-0.4, -0.2) is 57.5 Å². The number of para-hydroxylation sites is 1. The zero-order valence-corrected chi connectivity index (χ0v) is 20.9. The van der Waals surface area contributed by atoms with Crippen LogP contribution in [0.5, 0.6) is 5.88 Å². The van der Waals surface area contributed by atoms with E-state index in [1.807, 2.05) is 36.0 Å². The first-order valence-electron chi connectivity index (χ1n) is 12.9. The molecule has 1 amide bonds. The molecular formula is C26H34N6O4. The number of nitrogens with zero attached hydrogens (tertiary/aromatic N) is 3. The minimum absolute atomic E-state index is 0.0607. The Hall–Kier alpha value is -3.27. The normalized spacial score (nSPS) is 24.7. The number of carbonyl (C=O) groups is 1. The number of rotatable bonds is 8. The average molecular weight is 495 g/mol. The summed E-state index contributed by atoms with van der Waals surface area (Å²) in [6.45, 7) is 4.22. The minimum Gasteiger partial charge on any atom is -0.476 e. The predicted molar refractivity (Wildman–Crippen MR) is 135 cm³/mol. The number of ether oxygens (including phenoxy) is 3. The number of carbonyl (C=O) groups excluding carboxylic acids is 1. The van der Waals surface area contributed by atoms with E-state index in [4.69, 9.17) is 14.2 Å². The minimum atomic E-state index is -0.295. The van der Waals surface area contributed by atoms with Gasteiger partial charge in [-0.2, -0.15) is 5.10 Å². The van der Waals surface area contributed by atoms with E-state index >= 15 is 0 Å². The molecule has 36 heavy (non-hydrogen) atoms. The standard InChI is InChI=1S/C26H34N6O4/c1-26(9-10-26)28-25(33)36-18-7-6-17(12-18)21-13-22(30-29-21)27-20-5-3-4-19-23(20)32(2)31-24(19)35-15-16-8-11-34-14-16/h3-5,13,16-18H,6-12,14-15H2,1-2H3,(H,28,33)(H2,27,29,30)/t16?,17-,18+/m0/s1. The number of H-pyrrole nitrogens is 1. The van der Waals surface area contributed by atoms with Crippen LogP contribution >= 0.6 is 0 Å². The van der Waals surface area contributed by atoms with Crippen LogP contribution < -0.4 is 15.4 Å². The van der Waals surface area contributed by atoms with Gasteiger partial charge < -0.3 is 24.8 Å². The summed E-state index contributed by atoms with van der Waals surface area (Å²) >= 11 is 0. The van der Waals surface area contributed by atoms with Crippen molar-refractivity contribution in [3.8, 4) is 5.88 Å². The Morgan fingerprint density at radius 3 is 3.00 bits per heavy atom. The number of hydrogen-bond donors (Lipinski definition) is 3. The fraction of sp³-hybridized carbons (Fsp3) is 0.577. The number of aromatic nitrogens is 4. The van der Waals surface area contributed by atoms with Crippen molar-refractivity contribution in [3.63, 3.8) is 0 Å². The van der Waals surface area contributed by atoms with E-state index in [9.17, 15) is 4.79 Å². The fourth-order valence-corrected chi connectivity index (χ4v) is 5.24. The van der Waals surface area contributed by atoms with Crippen molar-refractivity contribution in [1.29, 1.82) is 0 Å². The Kier molecular flexibility index (Phi) is 5.99. The predicted octanol–water partition coefficient (Wildman–Crippen LogP) is 4.37. The van der Waals surface area contributed by atoms with Gasteiger partial charge in [0.05, 0.1) is 29.8 Å². The number of amides is 1. The lowest BCUT2D eigenvalue weighted by Crippen LogP contribution is -2.36. The highest BCUT2D eigenvalue weighted by atomic mass is 16.6. The van der Waals surface area contributed by atoms with Gasteiger partial charge in [-0.05, 0) is 57.6 Å². The molecule has 10 heteroatoms. The maximum atomic E-state index is 12.2. The number of fused-ring (bicyclic) bond motifs is 1. The molecule has 2 saturated carbocycles. The summed E-state index contributed by atoms with van der Waals surface area (Å²) in [5.41, 5.74) is 2.87. The third-order valence-electron chi connectivity index (χ3n) is 7.67. The van der Waals surface area contributed by atoms with E-state index < -0.39 is 0 Å². The number of benzene rings is 1. The van der Waals surface area contributed by atoms with Crippen molar-refractivity contribution in [2.75, 3.05) is 25.1 Å². The van der Waals surface area contributed by atoms with Gasteiger partial charge in [0.15, 0.2) is 5.82 Å². The van der Waals surface area contributed by atoms with Crippen LogP contribution in [0.4, 0.5) is 16.3 Å². The zero-order valence-electron chi connectivity index (χ0n) is 20.9. The Morgan fingerprint density at radius 2 is 2.19 bits per heavy atom. The molecule has 0 bridgehead atoms. The highest BCUT2D eigenvalue weighted by Crippen LogP contribution is 2.38. The first-order valence-corrected chi connectivity index (χ1v) is 12.9. The average Bonchev–Trinajstić information content (AvgIpc) is 3.40. The summed E-state index contributed by atoms with van der Waals surface area (Å²) in [5, 5.41) is 19.7. The van der Waals surface area contributed by atoms with E-state index in [0.29, 0.717) is 18.4 Å². The van der Waals surface area contributed by atoms with Crippen molar-refractivity contribution in [3.05, 3.63) is 30.0 Å². The second-order valence-corrected chi connectivity index (χ2v) is 10.7. The van der Waals surface area contributed by atoms with E-state index in [2.05, 4.69) is 32.9 Å². The van der Waals surface area contributed by atoms with Crippen LogP contribution in [0, 0.1) is 5.92 Å². The van der Waals surface area contributed by atoms with Crippen molar-refractivity contribution >= 4 is 28.5 Å². The maximum absolute atomic E-state index is 12.2. The summed E-state index contributed by atoms with van der Waals surface area (Å²) in [6.07, 6.45) is 5.34. The summed E-state index contributed by atoms with van der Waals surface area (Å²) in [6, 6.07) is 8.09. The van der Waals surface area contributed by atoms with Gasteiger partial charge in [-0.3, -0.25) is 9.78 Å². The first-order chi connectivity index (χ1) is 17.5. The van der Waals surface area contributed by atoms with E-state index in [-0.39, 0.29) is 23.7 Å². The quantitative estimate of drug-likeness (QED) is 0.426. The van der Waals surface area contributed by atoms with E-state index in [1.54, 1.807) is 0 Å². The number of anilines is 2. The molecule has 3 aromatic rings. The molecular weight excluding hydrogens is 460 g/mol. The molecule has 2 aliphatic carbocycles. The fourth-order valence-electron chi connectivity index (χ4n) is 5.24. The van der Waals surface area contributed by atoms with Crippen molar-refractivity contribution in [2.45, 2.75) is 63.0 Å². The molecule has 3 atom stereocenters. The molecule has 6 rings (SSSR count). The van der Waals surface area contributed by atoms with E-state index in [1.165, 1.54) is 0 Å². The molecule has 10 nitrogen and oxygen atoms in total. The van der Waals surface area contributed by atoms with Gasteiger partial charge in [-0.15, -0.1) is 5.10 Å². The molecule has 0 radical (unpaired) electrons. The summed E-state index contributed by atoms with van der Waals surface area (Å²) < 4.78 is 19.0. The maximum Gasteiger partial charge on any atom is 0.407 e. The zero-order chi connectivity index (χ0) is 24.7. The molecule has 1 unspecified atom stereocenters. The highest BCUT2D eigenvalue weighted by Gasteiger charge is 2.40. The summed E-state index contributed by atoms with van der Waals surface area (Å²) in [5.74, 6) is 2.09. The molecule has 1 aromatic carbocycles. The third-order valence-corrected chi connectivity index (χ3v) is 7.67. The Morgan fingerprint density at radius 1 is 1.31 bits per heavy atom. The van der Waals surface area contributed by atoms with Crippen LogP contribution in [0.3, 0.4) is 0 Å². The molecule has 1 saturated heterocycles. The number of alkyl carbamates (subject to hydrolysis) is 1. The molecule has 1 aliphatic heterocycles. The van der Waals surface area contributed by atoms with E-state index in [0.717, 1.165) is 79.8 Å². The Balaban J connectivity index is 1.10. The highest BCUT2D eigenvalue weighted by molar-refractivity contribution is 5.95. The number of aryl methyl sites for hydroxylation is 1. The number of aromatic amines is 1. The summed E-state index contributed by atoms with van der Waals surface area (Å²) in [4.78, 5) is 12.2. The molecule has 3 fully saturated rings. The second-order valence-electron chi connectivity index (χ2n) is 10.7. The lowest BCUT2D eigenvalue weighted by atomic mass is 10.0. The molecule has 0 spiro atoms. The van der Waals surface area contributed by atoms with Crippen LogP contribution in [0.2, 0.25) is 0 Å². The first kappa shape index (κ1) is 23.1.